The fourth-order valence-corrected chi connectivity index (χ4v) is 1.79. The lowest BCUT2D eigenvalue weighted by Crippen LogP contribution is -2.15. The fourth-order valence-electron chi connectivity index (χ4n) is 1.79. The molecule has 2 aromatic carbocycles. The van der Waals surface area contributed by atoms with Crippen molar-refractivity contribution in [3.8, 4) is 6.07 Å². The van der Waals surface area contributed by atoms with Gasteiger partial charge in [0.15, 0.2) is 11.6 Å². The molecule has 2 aromatic rings. The van der Waals surface area contributed by atoms with E-state index in [2.05, 4.69) is 0 Å². The predicted molar refractivity (Wildman–Crippen MR) is 65.5 cm³/mol. The van der Waals surface area contributed by atoms with Gasteiger partial charge in [-0.15, -0.1) is 0 Å². The van der Waals surface area contributed by atoms with Gasteiger partial charge in [0.2, 0.25) is 0 Å². The molecule has 0 spiro atoms. The van der Waals surface area contributed by atoms with E-state index in [1.165, 1.54) is 25.2 Å². The van der Waals surface area contributed by atoms with Crippen LogP contribution in [-0.4, -0.2) is 7.05 Å². The van der Waals surface area contributed by atoms with Gasteiger partial charge in [0.25, 0.3) is 0 Å². The molecule has 0 saturated carbocycles. The van der Waals surface area contributed by atoms with Gasteiger partial charge in [0.1, 0.15) is 11.5 Å². The second-order valence-electron chi connectivity index (χ2n) is 3.91. The summed E-state index contributed by atoms with van der Waals surface area (Å²) in [5, 5.41) is 8.62. The minimum atomic E-state index is -0.915. The largest absolute Gasteiger partial charge is 0.337 e. The summed E-state index contributed by atoms with van der Waals surface area (Å²) in [7, 11) is 1.35. The normalized spacial score (nSPS) is 10.1. The number of benzene rings is 2. The summed E-state index contributed by atoms with van der Waals surface area (Å²) in [4.78, 5) is 1.07. The highest BCUT2D eigenvalue weighted by Gasteiger charge is 2.18. The third-order valence-electron chi connectivity index (χ3n) is 2.70. The quantitative estimate of drug-likeness (QED) is 0.824. The van der Waals surface area contributed by atoms with Gasteiger partial charge in [-0.3, -0.25) is 0 Å². The van der Waals surface area contributed by atoms with Crippen LogP contribution in [0, 0.1) is 28.8 Å². The summed E-state index contributed by atoms with van der Waals surface area (Å²) in [5.74, 6) is -2.42. The SMILES string of the molecule is CN(c1ccccc1F)c1c(F)cc(C#N)cc1F. The van der Waals surface area contributed by atoms with Crippen LogP contribution in [0.15, 0.2) is 36.4 Å². The van der Waals surface area contributed by atoms with Crippen molar-refractivity contribution < 1.29 is 13.2 Å². The van der Waals surface area contributed by atoms with Crippen LogP contribution in [0.1, 0.15) is 5.56 Å². The zero-order valence-corrected chi connectivity index (χ0v) is 9.99. The first-order valence-corrected chi connectivity index (χ1v) is 5.42. The number of anilines is 2. The lowest BCUT2D eigenvalue weighted by atomic mass is 10.1. The Morgan fingerprint density at radius 1 is 1.00 bits per heavy atom. The lowest BCUT2D eigenvalue weighted by Gasteiger charge is -2.21. The second kappa shape index (κ2) is 5.02. The molecule has 5 heteroatoms. The third kappa shape index (κ3) is 2.38. The van der Waals surface area contributed by atoms with Gasteiger partial charge in [0, 0.05) is 7.05 Å². The van der Waals surface area contributed by atoms with E-state index in [0.717, 1.165) is 17.0 Å². The highest BCUT2D eigenvalue weighted by molar-refractivity contribution is 5.65. The second-order valence-corrected chi connectivity index (χ2v) is 3.91. The molecule has 0 radical (unpaired) electrons. The van der Waals surface area contributed by atoms with Gasteiger partial charge < -0.3 is 4.90 Å². The van der Waals surface area contributed by atoms with Crippen molar-refractivity contribution >= 4 is 11.4 Å². The first-order valence-electron chi connectivity index (χ1n) is 5.42. The van der Waals surface area contributed by atoms with Crippen molar-refractivity contribution in [2.75, 3.05) is 11.9 Å². The first kappa shape index (κ1) is 13.0. The van der Waals surface area contributed by atoms with Gasteiger partial charge in [-0.05, 0) is 24.3 Å². The summed E-state index contributed by atoms with van der Waals surface area (Å²) >= 11 is 0. The molecule has 0 heterocycles. The van der Waals surface area contributed by atoms with Crippen molar-refractivity contribution in [3.63, 3.8) is 0 Å². The number of hydrogen-bond donors (Lipinski definition) is 0. The van der Waals surface area contributed by atoms with Gasteiger partial charge in [-0.2, -0.15) is 5.26 Å². The lowest BCUT2D eigenvalue weighted by molar-refractivity contribution is 0.580. The maximum atomic E-state index is 13.8. The highest BCUT2D eigenvalue weighted by atomic mass is 19.1. The van der Waals surface area contributed by atoms with Crippen LogP contribution in [-0.2, 0) is 0 Å². The number of halogens is 3. The molecule has 19 heavy (non-hydrogen) atoms. The molecule has 0 aromatic heterocycles. The van der Waals surface area contributed by atoms with E-state index in [1.54, 1.807) is 12.1 Å². The van der Waals surface area contributed by atoms with Crippen LogP contribution in [0.3, 0.4) is 0 Å². The van der Waals surface area contributed by atoms with Crippen LogP contribution in [0.2, 0.25) is 0 Å². The van der Waals surface area contributed by atoms with Crippen LogP contribution < -0.4 is 4.90 Å². The Morgan fingerprint density at radius 3 is 2.11 bits per heavy atom. The molecule has 0 aliphatic carbocycles. The van der Waals surface area contributed by atoms with Crippen molar-refractivity contribution in [2.24, 2.45) is 0 Å². The van der Waals surface area contributed by atoms with Crippen LogP contribution in [0.4, 0.5) is 24.5 Å². The van der Waals surface area contributed by atoms with Crippen LogP contribution in [0.5, 0.6) is 0 Å². The molecular formula is C14H9F3N2. The standard InChI is InChI=1S/C14H9F3N2/c1-19(13-5-3-2-4-10(13)15)14-11(16)6-9(8-18)7-12(14)17/h2-7H,1H3. The van der Waals surface area contributed by atoms with Gasteiger partial charge in [-0.1, -0.05) is 12.1 Å². The van der Waals surface area contributed by atoms with E-state index in [4.69, 9.17) is 5.26 Å². The summed E-state index contributed by atoms with van der Waals surface area (Å²) in [6, 6.07) is 9.14. The number of hydrogen-bond acceptors (Lipinski definition) is 2. The van der Waals surface area contributed by atoms with Crippen molar-refractivity contribution in [1.29, 1.82) is 5.26 Å². The molecule has 2 nitrogen and oxygen atoms in total. The van der Waals surface area contributed by atoms with Crippen molar-refractivity contribution in [3.05, 3.63) is 59.4 Å². The van der Waals surface area contributed by atoms with Crippen LogP contribution in [0.25, 0.3) is 0 Å². The molecule has 0 aliphatic rings. The van der Waals surface area contributed by atoms with Crippen LogP contribution >= 0.6 is 0 Å². The number of nitrogens with zero attached hydrogens (tertiary/aromatic N) is 2. The van der Waals surface area contributed by atoms with Gasteiger partial charge >= 0.3 is 0 Å². The van der Waals surface area contributed by atoms with E-state index in [9.17, 15) is 13.2 Å². The zero-order chi connectivity index (χ0) is 14.0. The third-order valence-corrected chi connectivity index (χ3v) is 2.70. The Balaban J connectivity index is 2.54. The molecule has 0 N–H and O–H groups in total. The summed E-state index contributed by atoms with van der Waals surface area (Å²) in [5.41, 5.74) is -0.477. The summed E-state index contributed by atoms with van der Waals surface area (Å²) < 4.78 is 41.2. The van der Waals surface area contributed by atoms with E-state index in [-0.39, 0.29) is 11.3 Å². The summed E-state index contributed by atoms with van der Waals surface area (Å²) in [6.45, 7) is 0. The average molecular weight is 262 g/mol. The molecule has 0 amide bonds. The average Bonchev–Trinajstić information content (AvgIpc) is 2.38. The maximum absolute atomic E-state index is 13.8. The Morgan fingerprint density at radius 2 is 1.58 bits per heavy atom. The van der Waals surface area contributed by atoms with Crippen molar-refractivity contribution in [1.82, 2.24) is 0 Å². The molecule has 0 aliphatic heterocycles. The van der Waals surface area contributed by atoms with E-state index in [1.807, 2.05) is 0 Å². The zero-order valence-electron chi connectivity index (χ0n) is 9.99. The predicted octanol–water partition coefficient (Wildman–Crippen LogP) is 3.74. The molecule has 0 fully saturated rings. The van der Waals surface area contributed by atoms with Crippen molar-refractivity contribution in [2.45, 2.75) is 0 Å². The molecule has 0 bridgehead atoms. The van der Waals surface area contributed by atoms with Gasteiger partial charge in [0.05, 0.1) is 17.3 Å². The Hall–Kier alpha value is -2.48. The van der Waals surface area contributed by atoms with E-state index >= 15 is 0 Å². The minimum absolute atomic E-state index is 0.0463. The number of rotatable bonds is 2. The minimum Gasteiger partial charge on any atom is -0.337 e. The Kier molecular flexibility index (Phi) is 3.43. The van der Waals surface area contributed by atoms with E-state index < -0.39 is 23.1 Å². The molecular weight excluding hydrogens is 253 g/mol. The topological polar surface area (TPSA) is 27.0 Å². The van der Waals surface area contributed by atoms with E-state index in [0.29, 0.717) is 0 Å². The molecule has 2 rings (SSSR count). The molecule has 0 unspecified atom stereocenters. The van der Waals surface area contributed by atoms with Gasteiger partial charge in [-0.25, -0.2) is 13.2 Å². The highest BCUT2D eigenvalue weighted by Crippen LogP contribution is 2.31. The fraction of sp³-hybridized carbons (Fsp3) is 0.0714. The molecule has 96 valence electrons. The number of para-hydroxylation sites is 1. The monoisotopic (exact) mass is 262 g/mol. The molecule has 0 atom stereocenters. The summed E-state index contributed by atoms with van der Waals surface area (Å²) in [6.07, 6.45) is 0. The molecule has 0 saturated heterocycles. The first-order chi connectivity index (χ1) is 9.04. The maximum Gasteiger partial charge on any atom is 0.151 e. The smallest absolute Gasteiger partial charge is 0.151 e. The Bertz CT molecular complexity index is 639. The number of nitriles is 1. The Labute approximate surface area is 108 Å².